The molecule has 0 aliphatic heterocycles. The molecule has 0 saturated heterocycles. The molecule has 27 heavy (non-hydrogen) atoms. The minimum atomic E-state index is -0.239. The number of rotatable bonds is 5. The Morgan fingerprint density at radius 2 is 1.74 bits per heavy atom. The van der Waals surface area contributed by atoms with Crippen LogP contribution in [0, 0.1) is 20.8 Å². The highest BCUT2D eigenvalue weighted by Crippen LogP contribution is 2.27. The van der Waals surface area contributed by atoms with Crippen molar-refractivity contribution < 1.29 is 9.53 Å². The molecule has 3 aromatic rings. The first-order valence-electron chi connectivity index (χ1n) is 8.72. The number of hydrogen-bond donors (Lipinski definition) is 2. The van der Waals surface area contributed by atoms with Crippen molar-refractivity contribution in [3.05, 3.63) is 77.1 Å². The van der Waals surface area contributed by atoms with Crippen LogP contribution in [0.5, 0.6) is 5.75 Å². The normalized spacial score (nSPS) is 10.4. The van der Waals surface area contributed by atoms with E-state index in [-0.39, 0.29) is 5.91 Å². The van der Waals surface area contributed by atoms with Gasteiger partial charge in [0.25, 0.3) is 5.91 Å². The molecule has 0 atom stereocenters. The third kappa shape index (κ3) is 4.26. The van der Waals surface area contributed by atoms with Crippen molar-refractivity contribution >= 4 is 23.0 Å². The van der Waals surface area contributed by atoms with Gasteiger partial charge < -0.3 is 15.4 Å². The number of methoxy groups -OCH3 is 1. The van der Waals surface area contributed by atoms with E-state index in [1.165, 1.54) is 0 Å². The Hall–Kier alpha value is -3.34. The second-order valence-electron chi connectivity index (χ2n) is 6.51. The van der Waals surface area contributed by atoms with Crippen LogP contribution in [0.15, 0.2) is 54.9 Å². The fourth-order valence-corrected chi connectivity index (χ4v) is 2.90. The van der Waals surface area contributed by atoms with E-state index in [2.05, 4.69) is 15.6 Å². The monoisotopic (exact) mass is 361 g/mol. The summed E-state index contributed by atoms with van der Waals surface area (Å²) >= 11 is 0. The number of carbonyl (C=O) groups excluding carboxylic acids is 1. The lowest BCUT2D eigenvalue weighted by atomic mass is 10.1. The molecule has 5 heteroatoms. The third-order valence-corrected chi connectivity index (χ3v) is 4.35. The first-order valence-corrected chi connectivity index (χ1v) is 8.72. The lowest BCUT2D eigenvalue weighted by molar-refractivity contribution is 0.102. The first kappa shape index (κ1) is 18.5. The molecule has 0 fully saturated rings. The standard InChI is InChI=1S/C22H23N3O2/c1-14-8-9-20(27-4)19(10-14)25-22(26)17-11-18(13-23-12-17)24-21-15(2)6-5-7-16(21)3/h5-13,24H,1-4H3,(H,25,26). The summed E-state index contributed by atoms with van der Waals surface area (Å²) in [5, 5.41) is 6.26. The fraction of sp³-hybridized carbons (Fsp3) is 0.182. The highest BCUT2D eigenvalue weighted by Gasteiger charge is 2.12. The zero-order valence-corrected chi connectivity index (χ0v) is 16.0. The fourth-order valence-electron chi connectivity index (χ4n) is 2.90. The van der Waals surface area contributed by atoms with Gasteiger partial charge in [0.1, 0.15) is 5.75 Å². The number of pyridine rings is 1. The molecule has 0 spiro atoms. The molecule has 5 nitrogen and oxygen atoms in total. The Labute approximate surface area is 159 Å². The van der Waals surface area contributed by atoms with E-state index in [9.17, 15) is 4.79 Å². The van der Waals surface area contributed by atoms with Gasteiger partial charge >= 0.3 is 0 Å². The molecule has 1 aromatic heterocycles. The second-order valence-corrected chi connectivity index (χ2v) is 6.51. The number of benzene rings is 2. The number of aromatic nitrogens is 1. The molecule has 1 heterocycles. The number of ether oxygens (including phenoxy) is 1. The molecule has 2 N–H and O–H groups in total. The average Bonchev–Trinajstić information content (AvgIpc) is 2.65. The quantitative estimate of drug-likeness (QED) is 0.670. The number of hydrogen-bond acceptors (Lipinski definition) is 4. The predicted octanol–water partition coefficient (Wildman–Crippen LogP) is 5.01. The lowest BCUT2D eigenvalue weighted by Gasteiger charge is -2.14. The van der Waals surface area contributed by atoms with E-state index in [1.807, 2.05) is 57.2 Å². The van der Waals surface area contributed by atoms with Gasteiger partial charge in [0.05, 0.1) is 30.2 Å². The molecule has 138 valence electrons. The highest BCUT2D eigenvalue weighted by molar-refractivity contribution is 6.05. The van der Waals surface area contributed by atoms with Crippen LogP contribution < -0.4 is 15.4 Å². The van der Waals surface area contributed by atoms with Gasteiger partial charge in [0.2, 0.25) is 0 Å². The van der Waals surface area contributed by atoms with Gasteiger partial charge in [-0.25, -0.2) is 0 Å². The van der Waals surface area contributed by atoms with E-state index in [0.29, 0.717) is 17.0 Å². The molecule has 3 rings (SSSR count). The summed E-state index contributed by atoms with van der Waals surface area (Å²) in [4.78, 5) is 16.9. The summed E-state index contributed by atoms with van der Waals surface area (Å²) in [6, 6.07) is 13.5. The number of carbonyl (C=O) groups is 1. The third-order valence-electron chi connectivity index (χ3n) is 4.35. The van der Waals surface area contributed by atoms with Gasteiger partial charge in [-0.05, 0) is 55.7 Å². The Morgan fingerprint density at radius 1 is 1.00 bits per heavy atom. The molecular formula is C22H23N3O2. The molecule has 0 bridgehead atoms. The molecule has 0 saturated carbocycles. The minimum Gasteiger partial charge on any atom is -0.495 e. The summed E-state index contributed by atoms with van der Waals surface area (Å²) in [7, 11) is 1.58. The maximum absolute atomic E-state index is 12.7. The SMILES string of the molecule is COc1ccc(C)cc1NC(=O)c1cncc(Nc2c(C)cccc2C)c1. The van der Waals surface area contributed by atoms with Crippen molar-refractivity contribution in [2.45, 2.75) is 20.8 Å². The van der Waals surface area contributed by atoms with Gasteiger partial charge in [-0.15, -0.1) is 0 Å². The molecule has 0 aliphatic carbocycles. The van der Waals surface area contributed by atoms with Gasteiger partial charge in [-0.3, -0.25) is 9.78 Å². The number of aryl methyl sites for hydroxylation is 3. The lowest BCUT2D eigenvalue weighted by Crippen LogP contribution is -2.13. The van der Waals surface area contributed by atoms with Crippen LogP contribution in [-0.2, 0) is 0 Å². The maximum atomic E-state index is 12.7. The Bertz CT molecular complexity index is 963. The van der Waals surface area contributed by atoms with E-state index in [1.54, 1.807) is 25.6 Å². The van der Waals surface area contributed by atoms with E-state index >= 15 is 0 Å². The number of nitrogens with one attached hydrogen (secondary N) is 2. The number of para-hydroxylation sites is 1. The van der Waals surface area contributed by atoms with E-state index < -0.39 is 0 Å². The summed E-state index contributed by atoms with van der Waals surface area (Å²) < 4.78 is 5.32. The minimum absolute atomic E-state index is 0.239. The van der Waals surface area contributed by atoms with Crippen LogP contribution in [0.3, 0.4) is 0 Å². The van der Waals surface area contributed by atoms with Crippen molar-refractivity contribution in [1.29, 1.82) is 0 Å². The van der Waals surface area contributed by atoms with Crippen LogP contribution in [0.25, 0.3) is 0 Å². The van der Waals surface area contributed by atoms with Crippen molar-refractivity contribution in [1.82, 2.24) is 4.98 Å². The number of amides is 1. The Kier molecular flexibility index (Phi) is 5.41. The molecular weight excluding hydrogens is 338 g/mol. The van der Waals surface area contributed by atoms with Gasteiger partial charge in [-0.2, -0.15) is 0 Å². The van der Waals surface area contributed by atoms with Crippen LogP contribution >= 0.6 is 0 Å². The molecule has 2 aromatic carbocycles. The number of anilines is 3. The second kappa shape index (κ2) is 7.91. The van der Waals surface area contributed by atoms with E-state index in [0.717, 1.165) is 28.1 Å². The van der Waals surface area contributed by atoms with Crippen LogP contribution in [0.2, 0.25) is 0 Å². The highest BCUT2D eigenvalue weighted by atomic mass is 16.5. The van der Waals surface area contributed by atoms with Gasteiger partial charge in [-0.1, -0.05) is 24.3 Å². The summed E-state index contributed by atoms with van der Waals surface area (Å²) in [6.07, 6.45) is 3.25. The molecule has 0 unspecified atom stereocenters. The van der Waals surface area contributed by atoms with Crippen molar-refractivity contribution in [2.24, 2.45) is 0 Å². The Balaban J connectivity index is 1.83. The summed E-state index contributed by atoms with van der Waals surface area (Å²) in [6.45, 7) is 6.05. The van der Waals surface area contributed by atoms with Crippen molar-refractivity contribution in [2.75, 3.05) is 17.7 Å². The molecule has 0 radical (unpaired) electrons. The van der Waals surface area contributed by atoms with Gasteiger partial charge in [0, 0.05) is 11.9 Å². The van der Waals surface area contributed by atoms with Crippen molar-refractivity contribution in [3.63, 3.8) is 0 Å². The summed E-state index contributed by atoms with van der Waals surface area (Å²) in [5.41, 5.74) is 6.19. The van der Waals surface area contributed by atoms with E-state index in [4.69, 9.17) is 4.74 Å². The predicted molar refractivity (Wildman–Crippen MR) is 109 cm³/mol. The zero-order valence-electron chi connectivity index (χ0n) is 16.0. The molecule has 0 aliphatic rings. The Morgan fingerprint density at radius 3 is 2.44 bits per heavy atom. The van der Waals surface area contributed by atoms with Crippen LogP contribution in [-0.4, -0.2) is 18.0 Å². The maximum Gasteiger partial charge on any atom is 0.257 e. The zero-order chi connectivity index (χ0) is 19.4. The summed E-state index contributed by atoms with van der Waals surface area (Å²) in [5.74, 6) is 0.378. The smallest absolute Gasteiger partial charge is 0.257 e. The van der Waals surface area contributed by atoms with Crippen molar-refractivity contribution in [3.8, 4) is 5.75 Å². The molecule has 1 amide bonds. The van der Waals surface area contributed by atoms with Crippen LogP contribution in [0.1, 0.15) is 27.0 Å². The van der Waals surface area contributed by atoms with Crippen LogP contribution in [0.4, 0.5) is 17.1 Å². The first-order chi connectivity index (χ1) is 13.0. The van der Waals surface area contributed by atoms with Gasteiger partial charge in [0.15, 0.2) is 0 Å². The topological polar surface area (TPSA) is 63.2 Å². The average molecular weight is 361 g/mol. The largest absolute Gasteiger partial charge is 0.495 e. The number of nitrogens with zero attached hydrogens (tertiary/aromatic N) is 1.